The molecule has 3 heterocycles. The molecule has 3 amide bonds. The summed E-state index contributed by atoms with van der Waals surface area (Å²) in [7, 11) is 6.03. The summed E-state index contributed by atoms with van der Waals surface area (Å²) in [5, 5.41) is 14.4. The van der Waals surface area contributed by atoms with Crippen molar-refractivity contribution in [2.45, 2.75) is 109 Å². The van der Waals surface area contributed by atoms with Gasteiger partial charge >= 0.3 is 12.1 Å². The first-order valence-electron chi connectivity index (χ1n) is 16.8. The number of rotatable bonds is 7. The van der Waals surface area contributed by atoms with Crippen LogP contribution in [0.15, 0.2) is 35.9 Å². The summed E-state index contributed by atoms with van der Waals surface area (Å²) in [4.78, 5) is 55.7. The van der Waals surface area contributed by atoms with Crippen molar-refractivity contribution in [3.05, 3.63) is 46.5 Å². The number of halogens is 1. The van der Waals surface area contributed by atoms with Crippen LogP contribution in [0.3, 0.4) is 0 Å². The molecule has 4 bridgehead atoms. The first kappa shape index (κ1) is 39.1. The molecule has 0 aromatic heterocycles. The maximum atomic E-state index is 14.0. The summed E-state index contributed by atoms with van der Waals surface area (Å²) in [5.41, 5.74) is -0.868. The number of benzene rings is 1. The molecule has 50 heavy (non-hydrogen) atoms. The van der Waals surface area contributed by atoms with Gasteiger partial charge in [0.2, 0.25) is 11.8 Å². The number of hydrogen-bond acceptors (Lipinski definition) is 10. The number of alkyl carbamates (subject to hydrolysis) is 1. The highest BCUT2D eigenvalue weighted by atomic mass is 35.5. The molecule has 0 saturated carbocycles. The number of epoxide rings is 1. The van der Waals surface area contributed by atoms with E-state index in [4.69, 9.17) is 35.3 Å². The number of esters is 1. The number of amides is 3. The lowest BCUT2D eigenvalue weighted by Gasteiger charge is -2.42. The Hall–Kier alpha value is -3.65. The minimum absolute atomic E-state index is 0.0426. The lowest BCUT2D eigenvalue weighted by Crippen LogP contribution is -2.63. The Bertz CT molecular complexity index is 1530. The normalized spacial score (nSPS) is 32.3. The van der Waals surface area contributed by atoms with Crippen molar-refractivity contribution in [3.8, 4) is 5.75 Å². The van der Waals surface area contributed by atoms with E-state index in [0.717, 1.165) is 11.1 Å². The number of fused-ring (bicyclic) bond motifs is 5. The van der Waals surface area contributed by atoms with Gasteiger partial charge in [0, 0.05) is 40.0 Å². The highest BCUT2D eigenvalue weighted by Crippen LogP contribution is 2.49. The fourth-order valence-corrected chi connectivity index (χ4v) is 6.92. The number of methoxy groups -OCH3 is 2. The first-order valence-corrected chi connectivity index (χ1v) is 17.2. The third kappa shape index (κ3) is 8.28. The predicted molar refractivity (Wildman–Crippen MR) is 186 cm³/mol. The fraction of sp³-hybridized carbons (Fsp3) is 0.611. The molecule has 8 atom stereocenters. The molecule has 13 nitrogen and oxygen atoms in total. The van der Waals surface area contributed by atoms with Gasteiger partial charge in [-0.2, -0.15) is 0 Å². The number of anilines is 1. The Kier molecular flexibility index (Phi) is 12.3. The van der Waals surface area contributed by atoms with Gasteiger partial charge in [-0.15, -0.1) is 0 Å². The number of carbonyl (C=O) groups excluding carboxylic acids is 4. The van der Waals surface area contributed by atoms with Gasteiger partial charge in [0.05, 0.1) is 25.3 Å². The molecule has 3 aliphatic heterocycles. The largest absolute Gasteiger partial charge is 0.495 e. The average molecular weight is 720 g/mol. The molecule has 276 valence electrons. The van der Waals surface area contributed by atoms with E-state index < -0.39 is 65.7 Å². The molecule has 0 radical (unpaired) electrons. The van der Waals surface area contributed by atoms with Crippen LogP contribution in [0.25, 0.3) is 0 Å². The second-order valence-electron chi connectivity index (χ2n) is 13.7. The molecule has 2 N–H and O–H groups in total. The van der Waals surface area contributed by atoms with Crippen LogP contribution in [-0.2, 0) is 39.8 Å². The summed E-state index contributed by atoms with van der Waals surface area (Å²) in [5.74, 6) is -1.49. The number of aliphatic hydroxyl groups is 1. The van der Waals surface area contributed by atoms with E-state index in [1.54, 1.807) is 52.1 Å². The molecule has 2 unspecified atom stereocenters. The maximum Gasteiger partial charge on any atom is 0.409 e. The minimum Gasteiger partial charge on any atom is -0.495 e. The molecule has 3 aliphatic rings. The Morgan fingerprint density at radius 3 is 2.60 bits per heavy atom. The molecule has 2 saturated heterocycles. The number of nitrogens with one attached hydrogen (secondary N) is 1. The van der Waals surface area contributed by atoms with E-state index >= 15 is 0 Å². The molecule has 1 aromatic carbocycles. The van der Waals surface area contributed by atoms with Gasteiger partial charge < -0.3 is 38.6 Å². The third-order valence-electron chi connectivity index (χ3n) is 9.99. The van der Waals surface area contributed by atoms with Crippen LogP contribution in [0.5, 0.6) is 5.75 Å². The van der Waals surface area contributed by atoms with E-state index in [9.17, 15) is 24.3 Å². The third-order valence-corrected chi connectivity index (χ3v) is 10.4. The predicted octanol–water partition coefficient (Wildman–Crippen LogP) is 4.31. The zero-order chi connectivity index (χ0) is 37.1. The second kappa shape index (κ2) is 15.7. The smallest absolute Gasteiger partial charge is 0.409 e. The molecule has 4 rings (SSSR count). The zero-order valence-corrected chi connectivity index (χ0v) is 31.0. The number of carbonyl (C=O) groups is 4. The SMILES string of the molecule is CCCC(=O)N(C)[C@@H](C)C(=O)O[C@H]1CC(=O)N(C)c2cc(cc(OC)c2Cl)C/C(C)=C/C=C/[C@@H](OC)[C@@]2(O)CC(OC(=O)N2)[C@@H](C)C2O[C@]21C. The van der Waals surface area contributed by atoms with Crippen molar-refractivity contribution in [1.82, 2.24) is 10.2 Å². The van der Waals surface area contributed by atoms with Crippen LogP contribution in [0, 0.1) is 5.92 Å². The number of allylic oxidation sites excluding steroid dienone is 3. The van der Waals surface area contributed by atoms with Crippen molar-refractivity contribution in [3.63, 3.8) is 0 Å². The summed E-state index contributed by atoms with van der Waals surface area (Å²) >= 11 is 6.74. The Balaban J connectivity index is 1.78. The van der Waals surface area contributed by atoms with E-state index in [-0.39, 0.29) is 30.2 Å². The van der Waals surface area contributed by atoms with Gasteiger partial charge in [-0.05, 0) is 51.3 Å². The zero-order valence-electron chi connectivity index (χ0n) is 30.3. The van der Waals surface area contributed by atoms with Crippen LogP contribution in [0.2, 0.25) is 5.02 Å². The average Bonchev–Trinajstić information content (AvgIpc) is 3.76. The van der Waals surface area contributed by atoms with Crippen LogP contribution >= 0.6 is 11.6 Å². The molecular formula is C36H50ClN3O10. The highest BCUT2D eigenvalue weighted by molar-refractivity contribution is 6.35. The van der Waals surface area contributed by atoms with Crippen molar-refractivity contribution in [2.75, 3.05) is 33.2 Å². The first-order chi connectivity index (χ1) is 23.5. The standard InChI is InChI=1S/C36H50ClN3O10/c1-10-12-29(41)39(6)22(4)33(43)49-28-18-30(42)40(7)24-16-23(17-25(46-8)31(24)37)15-20(2)13-11-14-27(47-9)36(45)19-26(48-34(44)38-36)21(3)32-35(28,5)50-32/h11,13-14,16-17,21-22,26-28,32,45H,10,12,15,18-19H2,1-9H3,(H,38,44)/b14-11+,20-13+/t21-,22+,26?,27-,28+,32?,35+,36+/m1/s1. The van der Waals surface area contributed by atoms with E-state index in [1.165, 1.54) is 31.1 Å². The van der Waals surface area contributed by atoms with Crippen LogP contribution in [0.4, 0.5) is 10.5 Å². The number of ether oxygens (including phenoxy) is 5. The van der Waals surface area contributed by atoms with Gasteiger partial charge in [-0.25, -0.2) is 9.59 Å². The number of hydrogen-bond donors (Lipinski definition) is 2. The molecule has 0 spiro atoms. The van der Waals surface area contributed by atoms with Gasteiger partial charge in [0.1, 0.15) is 40.7 Å². The van der Waals surface area contributed by atoms with Gasteiger partial charge in [0.25, 0.3) is 0 Å². The monoisotopic (exact) mass is 719 g/mol. The Labute approximate surface area is 298 Å². The van der Waals surface area contributed by atoms with E-state index in [0.29, 0.717) is 24.3 Å². The number of likely N-dealkylation sites (N-methyl/N-ethyl adjacent to an activating group) is 1. The van der Waals surface area contributed by atoms with Gasteiger partial charge in [0.15, 0.2) is 5.72 Å². The van der Waals surface area contributed by atoms with Crippen molar-refractivity contribution in [1.29, 1.82) is 0 Å². The Morgan fingerprint density at radius 1 is 1.26 bits per heavy atom. The van der Waals surface area contributed by atoms with Gasteiger partial charge in [-0.3, -0.25) is 14.9 Å². The van der Waals surface area contributed by atoms with Crippen LogP contribution < -0.4 is 15.0 Å². The molecule has 1 aromatic rings. The quantitative estimate of drug-likeness (QED) is 0.308. The maximum absolute atomic E-state index is 14.0. The lowest BCUT2D eigenvalue weighted by atomic mass is 9.83. The van der Waals surface area contributed by atoms with Crippen molar-refractivity contribution >= 4 is 41.2 Å². The lowest BCUT2D eigenvalue weighted by molar-refractivity contribution is -0.162. The van der Waals surface area contributed by atoms with E-state index in [1.807, 2.05) is 19.9 Å². The van der Waals surface area contributed by atoms with E-state index in [2.05, 4.69) is 5.32 Å². The minimum atomic E-state index is -1.82. The molecule has 2 fully saturated rings. The molecule has 14 heteroatoms. The molecular weight excluding hydrogens is 670 g/mol. The summed E-state index contributed by atoms with van der Waals surface area (Å²) in [6, 6.07) is 2.65. The van der Waals surface area contributed by atoms with Crippen molar-refractivity contribution < 1.29 is 48.0 Å². The Morgan fingerprint density at radius 2 is 1.96 bits per heavy atom. The van der Waals surface area contributed by atoms with Crippen molar-refractivity contribution in [2.24, 2.45) is 5.92 Å². The molecule has 0 aliphatic carbocycles. The fourth-order valence-electron chi connectivity index (χ4n) is 6.61. The topological polar surface area (TPSA) is 156 Å². The summed E-state index contributed by atoms with van der Waals surface area (Å²) < 4.78 is 29.1. The van der Waals surface area contributed by atoms with Crippen LogP contribution in [0.1, 0.15) is 65.9 Å². The second-order valence-corrected chi connectivity index (χ2v) is 14.0. The summed E-state index contributed by atoms with van der Waals surface area (Å²) in [6.07, 6.45) is 1.91. The summed E-state index contributed by atoms with van der Waals surface area (Å²) in [6.45, 7) is 8.88. The van der Waals surface area contributed by atoms with Gasteiger partial charge in [-0.1, -0.05) is 49.2 Å². The van der Waals surface area contributed by atoms with Crippen LogP contribution in [-0.4, -0.2) is 104 Å². The number of nitrogens with zero attached hydrogens (tertiary/aromatic N) is 2. The highest BCUT2D eigenvalue weighted by Gasteiger charge is 2.64.